The molecule has 1 aromatic heterocycles. The van der Waals surface area contributed by atoms with E-state index in [9.17, 15) is 19.1 Å². The molecule has 0 unspecified atom stereocenters. The number of halogens is 1. The Labute approximate surface area is 177 Å². The highest BCUT2D eigenvalue weighted by Gasteiger charge is 2.18. The van der Waals surface area contributed by atoms with Crippen LogP contribution < -0.4 is 10.9 Å². The predicted octanol–water partition coefficient (Wildman–Crippen LogP) is 3.25. The van der Waals surface area contributed by atoms with E-state index in [1.165, 1.54) is 28.8 Å². The van der Waals surface area contributed by atoms with Crippen molar-refractivity contribution in [2.45, 2.75) is 24.8 Å². The molecule has 0 saturated carbocycles. The SMILES string of the molecule is CSc1cccc(NC(=O)Cn2c(-c3ccc(F)cc3)nc(C)c(CCO)c2=O)c1. The van der Waals surface area contributed by atoms with Crippen LogP contribution in [0.3, 0.4) is 0 Å². The molecule has 3 rings (SSSR count). The van der Waals surface area contributed by atoms with Crippen LogP contribution in [0.4, 0.5) is 10.1 Å². The molecule has 30 heavy (non-hydrogen) atoms. The fraction of sp³-hybridized carbons (Fsp3) is 0.227. The van der Waals surface area contributed by atoms with Crippen molar-refractivity contribution in [3.63, 3.8) is 0 Å². The van der Waals surface area contributed by atoms with Crippen molar-refractivity contribution < 1.29 is 14.3 Å². The maximum absolute atomic E-state index is 13.4. The van der Waals surface area contributed by atoms with Crippen LogP contribution in [0.15, 0.2) is 58.2 Å². The van der Waals surface area contributed by atoms with E-state index in [0.717, 1.165) is 4.90 Å². The summed E-state index contributed by atoms with van der Waals surface area (Å²) in [6.45, 7) is 1.21. The fourth-order valence-electron chi connectivity index (χ4n) is 3.11. The van der Waals surface area contributed by atoms with Gasteiger partial charge in [0.25, 0.3) is 5.56 Å². The summed E-state index contributed by atoms with van der Waals surface area (Å²) in [5, 5.41) is 12.1. The number of aliphatic hydroxyl groups excluding tert-OH is 1. The molecule has 2 N–H and O–H groups in total. The molecule has 0 spiro atoms. The van der Waals surface area contributed by atoms with Gasteiger partial charge < -0.3 is 10.4 Å². The number of amides is 1. The standard InChI is InChI=1S/C22H22FN3O3S/c1-14-19(10-11-27)22(29)26(21(24-14)15-6-8-16(23)9-7-15)13-20(28)25-17-4-3-5-18(12-17)30-2/h3-9,12,27H,10-11,13H2,1-2H3,(H,25,28). The number of hydrogen-bond donors (Lipinski definition) is 2. The highest BCUT2D eigenvalue weighted by Crippen LogP contribution is 2.20. The molecule has 0 aliphatic heterocycles. The van der Waals surface area contributed by atoms with Crippen LogP contribution in [0.1, 0.15) is 11.3 Å². The van der Waals surface area contributed by atoms with Crippen LogP contribution in [0, 0.1) is 12.7 Å². The summed E-state index contributed by atoms with van der Waals surface area (Å²) in [6.07, 6.45) is 2.08. The van der Waals surface area contributed by atoms with E-state index in [0.29, 0.717) is 22.5 Å². The maximum Gasteiger partial charge on any atom is 0.257 e. The number of carbonyl (C=O) groups is 1. The summed E-state index contributed by atoms with van der Waals surface area (Å²) in [5.74, 6) is -0.529. The highest BCUT2D eigenvalue weighted by molar-refractivity contribution is 7.98. The van der Waals surface area contributed by atoms with E-state index in [-0.39, 0.29) is 31.3 Å². The van der Waals surface area contributed by atoms with Crippen LogP contribution in [0.2, 0.25) is 0 Å². The number of carbonyl (C=O) groups excluding carboxylic acids is 1. The van der Waals surface area contributed by atoms with E-state index in [1.54, 1.807) is 24.8 Å². The van der Waals surface area contributed by atoms with Crippen LogP contribution in [0.25, 0.3) is 11.4 Å². The van der Waals surface area contributed by atoms with E-state index in [4.69, 9.17) is 0 Å². The van der Waals surface area contributed by atoms with E-state index >= 15 is 0 Å². The quantitative estimate of drug-likeness (QED) is 0.566. The number of aromatic nitrogens is 2. The van der Waals surface area contributed by atoms with Gasteiger partial charge in [-0.25, -0.2) is 9.37 Å². The third-order valence-corrected chi connectivity index (χ3v) is 5.31. The Morgan fingerprint density at radius 3 is 2.63 bits per heavy atom. The smallest absolute Gasteiger partial charge is 0.257 e. The van der Waals surface area contributed by atoms with E-state index < -0.39 is 11.4 Å². The first-order valence-corrected chi connectivity index (χ1v) is 10.6. The second-order valence-electron chi connectivity index (χ2n) is 6.65. The van der Waals surface area contributed by atoms with Gasteiger partial charge in [0.15, 0.2) is 0 Å². The lowest BCUT2D eigenvalue weighted by molar-refractivity contribution is -0.116. The largest absolute Gasteiger partial charge is 0.396 e. The fourth-order valence-corrected chi connectivity index (χ4v) is 3.57. The number of hydrogen-bond acceptors (Lipinski definition) is 5. The van der Waals surface area contributed by atoms with Crippen molar-refractivity contribution in [3.05, 3.63) is 76.0 Å². The monoisotopic (exact) mass is 427 g/mol. The normalized spacial score (nSPS) is 10.8. The van der Waals surface area contributed by atoms with Crippen LogP contribution >= 0.6 is 11.8 Å². The van der Waals surface area contributed by atoms with Gasteiger partial charge in [-0.15, -0.1) is 11.8 Å². The van der Waals surface area contributed by atoms with Gasteiger partial charge in [-0.2, -0.15) is 0 Å². The number of thioether (sulfide) groups is 1. The van der Waals surface area contributed by atoms with Crippen molar-refractivity contribution in [3.8, 4) is 11.4 Å². The molecular formula is C22H22FN3O3S. The third-order valence-electron chi connectivity index (χ3n) is 4.59. The number of nitrogens with one attached hydrogen (secondary N) is 1. The van der Waals surface area contributed by atoms with E-state index in [2.05, 4.69) is 10.3 Å². The molecule has 6 nitrogen and oxygen atoms in total. The van der Waals surface area contributed by atoms with Gasteiger partial charge in [-0.05, 0) is 55.6 Å². The summed E-state index contributed by atoms with van der Waals surface area (Å²) < 4.78 is 14.6. The number of aryl methyl sites for hydroxylation is 1. The van der Waals surface area contributed by atoms with Crippen molar-refractivity contribution in [2.24, 2.45) is 0 Å². The van der Waals surface area contributed by atoms with Crippen molar-refractivity contribution >= 4 is 23.4 Å². The zero-order chi connectivity index (χ0) is 21.7. The maximum atomic E-state index is 13.4. The van der Waals surface area contributed by atoms with Gasteiger partial charge in [-0.3, -0.25) is 14.2 Å². The molecule has 1 amide bonds. The van der Waals surface area contributed by atoms with Crippen molar-refractivity contribution in [2.75, 3.05) is 18.2 Å². The number of benzene rings is 2. The van der Waals surface area contributed by atoms with Gasteiger partial charge in [0.2, 0.25) is 5.91 Å². The minimum absolute atomic E-state index is 0.138. The summed E-state index contributed by atoms with van der Waals surface area (Å²) in [6, 6.07) is 13.0. The molecule has 1 heterocycles. The highest BCUT2D eigenvalue weighted by atomic mass is 32.2. The average molecular weight is 428 g/mol. The zero-order valence-electron chi connectivity index (χ0n) is 16.7. The van der Waals surface area contributed by atoms with Gasteiger partial charge >= 0.3 is 0 Å². The Morgan fingerprint density at radius 2 is 1.97 bits per heavy atom. The second-order valence-corrected chi connectivity index (χ2v) is 7.53. The Kier molecular flexibility index (Phi) is 7.02. The first-order valence-electron chi connectivity index (χ1n) is 9.34. The Hall–Kier alpha value is -2.97. The molecule has 0 radical (unpaired) electrons. The topological polar surface area (TPSA) is 84.2 Å². The van der Waals surface area contributed by atoms with Gasteiger partial charge in [0.1, 0.15) is 18.2 Å². The van der Waals surface area contributed by atoms with Crippen molar-refractivity contribution in [1.29, 1.82) is 0 Å². The molecule has 0 aliphatic rings. The predicted molar refractivity (Wildman–Crippen MR) is 116 cm³/mol. The molecule has 8 heteroatoms. The first kappa shape index (κ1) is 21.7. The Morgan fingerprint density at radius 1 is 1.23 bits per heavy atom. The van der Waals surface area contributed by atoms with Gasteiger partial charge in [0, 0.05) is 40.4 Å². The number of nitrogens with zero attached hydrogens (tertiary/aromatic N) is 2. The third kappa shape index (κ3) is 4.95. The van der Waals surface area contributed by atoms with Crippen LogP contribution in [0.5, 0.6) is 0 Å². The minimum Gasteiger partial charge on any atom is -0.396 e. The Balaban J connectivity index is 2.00. The lowest BCUT2D eigenvalue weighted by atomic mass is 10.1. The zero-order valence-corrected chi connectivity index (χ0v) is 17.5. The van der Waals surface area contributed by atoms with Crippen molar-refractivity contribution in [1.82, 2.24) is 9.55 Å². The molecule has 3 aromatic rings. The van der Waals surface area contributed by atoms with Crippen LogP contribution in [-0.4, -0.2) is 33.4 Å². The van der Waals surface area contributed by atoms with Crippen LogP contribution in [-0.2, 0) is 17.8 Å². The molecular weight excluding hydrogens is 405 g/mol. The van der Waals surface area contributed by atoms with E-state index in [1.807, 2.05) is 24.5 Å². The first-order chi connectivity index (χ1) is 14.4. The summed E-state index contributed by atoms with van der Waals surface area (Å²) in [7, 11) is 0. The van der Waals surface area contributed by atoms with Gasteiger partial charge in [-0.1, -0.05) is 6.07 Å². The Bertz CT molecular complexity index is 1110. The molecule has 2 aromatic carbocycles. The molecule has 0 aliphatic carbocycles. The molecule has 0 atom stereocenters. The average Bonchev–Trinajstić information content (AvgIpc) is 2.73. The lowest BCUT2D eigenvalue weighted by Crippen LogP contribution is -2.33. The summed E-state index contributed by atoms with van der Waals surface area (Å²) in [4.78, 5) is 31.3. The number of rotatable bonds is 7. The summed E-state index contributed by atoms with van der Waals surface area (Å²) in [5.41, 5.74) is 1.56. The summed E-state index contributed by atoms with van der Waals surface area (Å²) >= 11 is 1.56. The number of aliphatic hydroxyl groups is 1. The number of anilines is 1. The molecule has 0 bridgehead atoms. The lowest BCUT2D eigenvalue weighted by Gasteiger charge is -2.16. The molecule has 0 fully saturated rings. The second kappa shape index (κ2) is 9.69. The molecule has 0 saturated heterocycles. The van der Waals surface area contributed by atoms with Gasteiger partial charge in [0.05, 0.1) is 0 Å². The molecule has 156 valence electrons. The minimum atomic E-state index is -0.410.